The van der Waals surface area contributed by atoms with Crippen LogP contribution in [0.2, 0.25) is 0 Å². The molecular weight excluding hydrogens is 272 g/mol. The highest BCUT2D eigenvalue weighted by molar-refractivity contribution is 5.94. The van der Waals surface area contributed by atoms with Crippen molar-refractivity contribution < 1.29 is 4.79 Å². The Balaban J connectivity index is 1.93. The van der Waals surface area contributed by atoms with Gasteiger partial charge in [-0.15, -0.1) is 0 Å². The zero-order chi connectivity index (χ0) is 15.2. The monoisotopic (exact) mass is 292 g/mol. The Hall–Kier alpha value is -2.13. The van der Waals surface area contributed by atoms with E-state index in [1.807, 2.05) is 12.1 Å². The summed E-state index contributed by atoms with van der Waals surface area (Å²) in [5.41, 5.74) is 4.01. The summed E-state index contributed by atoms with van der Waals surface area (Å²) in [6, 6.07) is 16.9. The van der Waals surface area contributed by atoms with Gasteiger partial charge in [-0.3, -0.25) is 10.1 Å². The van der Waals surface area contributed by atoms with Gasteiger partial charge in [-0.2, -0.15) is 0 Å². The van der Waals surface area contributed by atoms with Gasteiger partial charge in [-0.1, -0.05) is 55.5 Å². The lowest BCUT2D eigenvalue weighted by Crippen LogP contribution is -2.55. The summed E-state index contributed by atoms with van der Waals surface area (Å²) in [6.07, 6.45) is 1.88. The molecule has 0 saturated heterocycles. The van der Waals surface area contributed by atoms with E-state index in [1.54, 1.807) is 0 Å². The lowest BCUT2D eigenvalue weighted by molar-refractivity contribution is -0.126. The Morgan fingerprint density at radius 1 is 1.18 bits per heavy atom. The van der Waals surface area contributed by atoms with Crippen molar-refractivity contribution in [2.75, 3.05) is 6.54 Å². The quantitative estimate of drug-likeness (QED) is 0.913. The predicted octanol–water partition coefficient (Wildman–Crippen LogP) is 2.66. The maximum absolute atomic E-state index is 13.1. The molecule has 0 fully saturated rings. The zero-order valence-electron chi connectivity index (χ0n) is 12.7. The van der Waals surface area contributed by atoms with Crippen LogP contribution in [0, 0.1) is 0 Å². The summed E-state index contributed by atoms with van der Waals surface area (Å²) in [4.78, 5) is 13.1. The van der Waals surface area contributed by atoms with E-state index in [4.69, 9.17) is 0 Å². The molecule has 0 aromatic heterocycles. The number of amides is 1. The zero-order valence-corrected chi connectivity index (χ0v) is 12.7. The van der Waals surface area contributed by atoms with Gasteiger partial charge >= 0.3 is 0 Å². The molecule has 0 radical (unpaired) electrons. The Labute approximate surface area is 130 Å². The number of nitrogens with one attached hydrogen (secondary N) is 2. The van der Waals surface area contributed by atoms with E-state index in [0.29, 0.717) is 6.54 Å². The van der Waals surface area contributed by atoms with Crippen LogP contribution in [0.25, 0.3) is 0 Å². The second kappa shape index (κ2) is 4.96. The van der Waals surface area contributed by atoms with Crippen LogP contribution in [0.4, 0.5) is 0 Å². The van der Waals surface area contributed by atoms with Gasteiger partial charge in [0.1, 0.15) is 0 Å². The first-order chi connectivity index (χ1) is 10.8. The molecule has 2 aliphatic rings. The fraction of sp³-hybridized carbons (Fsp3) is 0.316. The Morgan fingerprint density at radius 3 is 2.73 bits per heavy atom. The number of hydrogen-bond donors (Lipinski definition) is 2. The van der Waals surface area contributed by atoms with Crippen molar-refractivity contribution in [2.24, 2.45) is 0 Å². The number of benzene rings is 2. The van der Waals surface area contributed by atoms with Crippen LogP contribution in [0.3, 0.4) is 0 Å². The van der Waals surface area contributed by atoms with Crippen LogP contribution >= 0.6 is 0 Å². The van der Waals surface area contributed by atoms with Crippen molar-refractivity contribution in [3.63, 3.8) is 0 Å². The average molecular weight is 292 g/mol. The smallest absolute Gasteiger partial charge is 0.249 e. The van der Waals surface area contributed by atoms with Gasteiger partial charge in [0.2, 0.25) is 5.91 Å². The van der Waals surface area contributed by atoms with Gasteiger partial charge in [0.25, 0.3) is 0 Å². The lowest BCUT2D eigenvalue weighted by atomic mass is 9.80. The number of fused-ring (bicyclic) bond motifs is 7. The Morgan fingerprint density at radius 2 is 1.91 bits per heavy atom. The third-order valence-electron chi connectivity index (χ3n) is 4.85. The molecule has 112 valence electrons. The fourth-order valence-corrected chi connectivity index (χ4v) is 3.91. The summed E-state index contributed by atoms with van der Waals surface area (Å²) in [7, 11) is 0. The summed E-state index contributed by atoms with van der Waals surface area (Å²) < 4.78 is 0. The third-order valence-corrected chi connectivity index (χ3v) is 4.85. The standard InChI is InChI=1S/C19H20N2O/c1-2-11-20-18(22)19-15-9-5-3-7-13(15)12-17(21-19)14-8-4-6-10-16(14)19/h3-10,17,21H,2,11-12H2,1H3,(H,20,22). The van der Waals surface area contributed by atoms with Crippen LogP contribution in [-0.4, -0.2) is 12.5 Å². The van der Waals surface area contributed by atoms with Gasteiger partial charge in [0.05, 0.1) is 0 Å². The van der Waals surface area contributed by atoms with E-state index in [-0.39, 0.29) is 11.9 Å². The van der Waals surface area contributed by atoms with Crippen molar-refractivity contribution in [1.29, 1.82) is 0 Å². The second-order valence-electron chi connectivity index (χ2n) is 6.15. The van der Waals surface area contributed by atoms with Gasteiger partial charge in [0, 0.05) is 12.6 Å². The second-order valence-corrected chi connectivity index (χ2v) is 6.15. The summed E-state index contributed by atoms with van der Waals surface area (Å²) in [6.45, 7) is 2.78. The maximum atomic E-state index is 13.1. The van der Waals surface area contributed by atoms with Crippen LogP contribution < -0.4 is 10.6 Å². The van der Waals surface area contributed by atoms with E-state index < -0.39 is 5.54 Å². The molecule has 2 aliphatic heterocycles. The van der Waals surface area contributed by atoms with Gasteiger partial charge in [0.15, 0.2) is 5.54 Å². The van der Waals surface area contributed by atoms with Crippen LogP contribution in [0.1, 0.15) is 41.6 Å². The van der Waals surface area contributed by atoms with Crippen molar-refractivity contribution in [2.45, 2.75) is 31.3 Å². The molecule has 0 saturated carbocycles. The minimum atomic E-state index is -0.731. The van der Waals surface area contributed by atoms with Gasteiger partial charge < -0.3 is 5.32 Å². The number of hydrogen-bond acceptors (Lipinski definition) is 2. The minimum Gasteiger partial charge on any atom is -0.354 e. The Bertz CT molecular complexity index is 727. The highest BCUT2D eigenvalue weighted by atomic mass is 16.2. The molecule has 1 amide bonds. The van der Waals surface area contributed by atoms with Crippen molar-refractivity contribution >= 4 is 5.91 Å². The molecule has 0 spiro atoms. The molecule has 2 bridgehead atoms. The van der Waals surface area contributed by atoms with E-state index in [2.05, 4.69) is 54.0 Å². The van der Waals surface area contributed by atoms with Crippen LogP contribution in [0.15, 0.2) is 48.5 Å². The Kier molecular flexibility index (Phi) is 3.05. The average Bonchev–Trinajstić information content (AvgIpc) is 2.84. The fourth-order valence-electron chi connectivity index (χ4n) is 3.91. The summed E-state index contributed by atoms with van der Waals surface area (Å²) in [5, 5.41) is 6.72. The van der Waals surface area contributed by atoms with Crippen molar-refractivity contribution in [1.82, 2.24) is 10.6 Å². The van der Waals surface area contributed by atoms with Crippen molar-refractivity contribution in [3.05, 3.63) is 70.8 Å². The summed E-state index contributed by atoms with van der Waals surface area (Å²) in [5.74, 6) is 0.0662. The van der Waals surface area contributed by atoms with Gasteiger partial charge in [-0.25, -0.2) is 0 Å². The molecule has 2 unspecified atom stereocenters. The third kappa shape index (κ3) is 1.69. The number of carbonyl (C=O) groups excluding carboxylic acids is 1. The first kappa shape index (κ1) is 13.5. The molecule has 3 heteroatoms. The molecule has 2 aromatic rings. The van der Waals surface area contributed by atoms with Crippen LogP contribution in [0.5, 0.6) is 0 Å². The van der Waals surface area contributed by atoms with E-state index in [9.17, 15) is 4.79 Å². The molecular formula is C19H20N2O. The first-order valence-corrected chi connectivity index (χ1v) is 8.01. The molecule has 2 heterocycles. The summed E-state index contributed by atoms with van der Waals surface area (Å²) >= 11 is 0. The highest BCUT2D eigenvalue weighted by Crippen LogP contribution is 2.48. The first-order valence-electron chi connectivity index (χ1n) is 8.01. The lowest BCUT2D eigenvalue weighted by Gasteiger charge is -2.36. The SMILES string of the molecule is CCCNC(=O)C12NC(Cc3ccccc31)c1ccccc12. The normalized spacial score (nSPS) is 24.5. The molecule has 2 atom stereocenters. The van der Waals surface area contributed by atoms with Crippen molar-refractivity contribution in [3.8, 4) is 0 Å². The van der Waals surface area contributed by atoms with E-state index >= 15 is 0 Å². The number of carbonyl (C=O) groups is 1. The van der Waals surface area contributed by atoms with E-state index in [0.717, 1.165) is 24.0 Å². The molecule has 0 aliphatic carbocycles. The molecule has 2 aromatic carbocycles. The largest absolute Gasteiger partial charge is 0.354 e. The van der Waals surface area contributed by atoms with E-state index in [1.165, 1.54) is 11.1 Å². The molecule has 22 heavy (non-hydrogen) atoms. The van der Waals surface area contributed by atoms with Crippen LogP contribution in [-0.2, 0) is 16.8 Å². The number of rotatable bonds is 3. The maximum Gasteiger partial charge on any atom is 0.249 e. The molecule has 4 rings (SSSR count). The molecule has 3 nitrogen and oxygen atoms in total. The highest BCUT2D eigenvalue weighted by Gasteiger charge is 2.53. The topological polar surface area (TPSA) is 41.1 Å². The minimum absolute atomic E-state index is 0.0662. The molecule has 2 N–H and O–H groups in total. The van der Waals surface area contributed by atoms with Gasteiger partial charge in [-0.05, 0) is 35.1 Å². The predicted molar refractivity (Wildman–Crippen MR) is 86.5 cm³/mol.